The van der Waals surface area contributed by atoms with Crippen molar-refractivity contribution in [1.82, 2.24) is 0 Å². The smallest absolute Gasteiger partial charge is 0.255 e. The van der Waals surface area contributed by atoms with Crippen LogP contribution in [0.3, 0.4) is 0 Å². The van der Waals surface area contributed by atoms with Crippen LogP contribution in [0.5, 0.6) is 0 Å². The Morgan fingerprint density at radius 2 is 1.73 bits per heavy atom. The molecule has 2 heterocycles. The number of rotatable bonds is 2. The lowest BCUT2D eigenvalue weighted by Crippen LogP contribution is -2.32. The van der Waals surface area contributed by atoms with Crippen molar-refractivity contribution in [2.75, 3.05) is 16.8 Å². The van der Waals surface area contributed by atoms with Crippen molar-refractivity contribution in [3.63, 3.8) is 0 Å². The summed E-state index contributed by atoms with van der Waals surface area (Å²) in [6, 6.07) is 13.2. The number of benzene rings is 2. The molecule has 0 unspecified atom stereocenters. The first-order chi connectivity index (χ1) is 10.7. The second-order valence-corrected chi connectivity index (χ2v) is 5.76. The molecule has 0 aliphatic carbocycles. The van der Waals surface area contributed by atoms with Crippen LogP contribution in [0.15, 0.2) is 42.5 Å². The molecule has 2 aliphatic rings. The summed E-state index contributed by atoms with van der Waals surface area (Å²) in [4.78, 5) is 26.1. The second kappa shape index (κ2) is 4.98. The van der Waals surface area contributed by atoms with Crippen LogP contribution in [0.25, 0.3) is 0 Å². The van der Waals surface area contributed by atoms with E-state index in [1.54, 1.807) is 12.1 Å². The van der Waals surface area contributed by atoms with Crippen molar-refractivity contribution in [1.29, 1.82) is 0 Å². The Morgan fingerprint density at radius 3 is 2.50 bits per heavy atom. The predicted molar refractivity (Wildman–Crippen MR) is 85.2 cm³/mol. The van der Waals surface area contributed by atoms with Crippen LogP contribution in [0, 0.1) is 0 Å². The minimum absolute atomic E-state index is 0.102. The third-order valence-corrected chi connectivity index (χ3v) is 4.35. The number of nitrogens with zero attached hydrogens (tertiary/aromatic N) is 1. The Labute approximate surface area is 128 Å². The number of amides is 2. The van der Waals surface area contributed by atoms with Gasteiger partial charge in [0.15, 0.2) is 0 Å². The van der Waals surface area contributed by atoms with Gasteiger partial charge in [0.25, 0.3) is 5.91 Å². The molecule has 2 aromatic carbocycles. The number of carbonyl (C=O) groups excluding carboxylic acids is 2. The van der Waals surface area contributed by atoms with E-state index in [2.05, 4.69) is 5.32 Å². The second-order valence-electron chi connectivity index (χ2n) is 5.76. The maximum atomic E-state index is 12.3. The van der Waals surface area contributed by atoms with Crippen molar-refractivity contribution in [3.05, 3.63) is 59.2 Å². The van der Waals surface area contributed by atoms with Crippen LogP contribution >= 0.6 is 0 Å². The van der Waals surface area contributed by atoms with Gasteiger partial charge in [-0.15, -0.1) is 0 Å². The van der Waals surface area contributed by atoms with Gasteiger partial charge in [-0.3, -0.25) is 9.59 Å². The number of hydrogen-bond acceptors (Lipinski definition) is 2. The van der Waals surface area contributed by atoms with E-state index in [0.717, 1.165) is 41.9 Å². The largest absolute Gasteiger partial charge is 0.322 e. The van der Waals surface area contributed by atoms with Crippen molar-refractivity contribution in [2.45, 2.75) is 19.3 Å². The molecular formula is C18H16N2O2. The van der Waals surface area contributed by atoms with E-state index >= 15 is 0 Å². The zero-order valence-electron chi connectivity index (χ0n) is 12.1. The zero-order valence-corrected chi connectivity index (χ0v) is 12.1. The van der Waals surface area contributed by atoms with Gasteiger partial charge >= 0.3 is 0 Å². The number of aryl methyl sites for hydroxylation is 1. The number of anilines is 2. The highest BCUT2D eigenvalue weighted by Crippen LogP contribution is 2.38. The van der Waals surface area contributed by atoms with E-state index < -0.39 is 0 Å². The van der Waals surface area contributed by atoms with Crippen LogP contribution < -0.4 is 10.2 Å². The molecule has 0 radical (unpaired) electrons. The van der Waals surface area contributed by atoms with Crippen LogP contribution in [0.4, 0.5) is 11.4 Å². The highest BCUT2D eigenvalue weighted by molar-refractivity contribution is 6.05. The average Bonchev–Trinajstić information content (AvgIpc) is 2.97. The van der Waals surface area contributed by atoms with Gasteiger partial charge in [-0.2, -0.15) is 0 Å². The van der Waals surface area contributed by atoms with Gasteiger partial charge in [-0.25, -0.2) is 0 Å². The van der Waals surface area contributed by atoms with Crippen LogP contribution in [0.1, 0.15) is 27.9 Å². The highest BCUT2D eigenvalue weighted by Gasteiger charge is 2.31. The monoisotopic (exact) mass is 292 g/mol. The molecule has 2 aliphatic heterocycles. The van der Waals surface area contributed by atoms with E-state index in [0.29, 0.717) is 12.0 Å². The average molecular weight is 292 g/mol. The lowest BCUT2D eigenvalue weighted by atomic mass is 9.98. The molecule has 110 valence electrons. The maximum absolute atomic E-state index is 12.3. The van der Waals surface area contributed by atoms with E-state index in [9.17, 15) is 9.59 Å². The zero-order chi connectivity index (χ0) is 15.1. The summed E-state index contributed by atoms with van der Waals surface area (Å²) < 4.78 is 0. The summed E-state index contributed by atoms with van der Waals surface area (Å²) in [5.74, 6) is 0.113. The number of hydrogen-bond donors (Lipinski definition) is 1. The first-order valence-electron chi connectivity index (χ1n) is 7.55. The van der Waals surface area contributed by atoms with E-state index in [1.807, 2.05) is 35.2 Å². The van der Waals surface area contributed by atoms with Crippen LogP contribution in [-0.4, -0.2) is 18.4 Å². The first-order valence-corrected chi connectivity index (χ1v) is 7.55. The molecule has 0 saturated carbocycles. The van der Waals surface area contributed by atoms with Gasteiger partial charge in [0, 0.05) is 24.2 Å². The topological polar surface area (TPSA) is 49.4 Å². The summed E-state index contributed by atoms with van der Waals surface area (Å²) >= 11 is 0. The van der Waals surface area contributed by atoms with Crippen LogP contribution in [-0.2, 0) is 17.6 Å². The van der Waals surface area contributed by atoms with E-state index in [-0.39, 0.29) is 11.8 Å². The van der Waals surface area contributed by atoms with Gasteiger partial charge < -0.3 is 10.2 Å². The van der Waals surface area contributed by atoms with Gasteiger partial charge in [0.2, 0.25) is 5.91 Å². The Balaban J connectivity index is 1.65. The Hall–Kier alpha value is -2.62. The number of nitrogens with one attached hydrogen (secondary N) is 1. The molecule has 1 N–H and O–H groups in total. The summed E-state index contributed by atoms with van der Waals surface area (Å²) in [5.41, 5.74) is 4.87. The fourth-order valence-corrected chi connectivity index (χ4v) is 3.32. The molecule has 0 aromatic heterocycles. The van der Waals surface area contributed by atoms with Crippen molar-refractivity contribution >= 4 is 23.2 Å². The molecule has 22 heavy (non-hydrogen) atoms. The fraction of sp³-hybridized carbons (Fsp3) is 0.222. The quantitative estimate of drug-likeness (QED) is 0.925. The number of carbonyl (C=O) groups is 2. The van der Waals surface area contributed by atoms with Gasteiger partial charge in [0.05, 0.1) is 5.69 Å². The maximum Gasteiger partial charge on any atom is 0.255 e. The third kappa shape index (κ3) is 2.08. The lowest BCUT2D eigenvalue weighted by molar-refractivity contribution is -0.118. The van der Waals surface area contributed by atoms with Crippen molar-refractivity contribution < 1.29 is 9.59 Å². The normalized spacial score (nSPS) is 15.6. The molecule has 0 spiro atoms. The molecular weight excluding hydrogens is 276 g/mol. The highest BCUT2D eigenvalue weighted by atomic mass is 16.2. The lowest BCUT2D eigenvalue weighted by Gasteiger charge is -2.25. The molecule has 2 aromatic rings. The minimum atomic E-state index is -0.102. The van der Waals surface area contributed by atoms with Gasteiger partial charge in [-0.05, 0) is 48.2 Å². The molecule has 4 rings (SSSR count). The molecule has 4 nitrogen and oxygen atoms in total. The molecule has 2 amide bonds. The molecule has 0 atom stereocenters. The Morgan fingerprint density at radius 1 is 1.00 bits per heavy atom. The standard InChI is InChI=1S/C18H16N2O2/c21-16-7-6-13-10-15(11-14-8-9-20(16)17(13)14)19-18(22)12-4-2-1-3-5-12/h1-5,10-11H,6-9H2,(H,19,22). The minimum Gasteiger partial charge on any atom is -0.322 e. The molecule has 0 saturated heterocycles. The van der Waals surface area contributed by atoms with Crippen LogP contribution in [0.2, 0.25) is 0 Å². The summed E-state index contributed by atoms with van der Waals surface area (Å²) in [7, 11) is 0. The van der Waals surface area contributed by atoms with Crippen molar-refractivity contribution in [3.8, 4) is 0 Å². The summed E-state index contributed by atoms with van der Waals surface area (Å²) in [6.07, 6.45) is 2.18. The first kappa shape index (κ1) is 13.1. The summed E-state index contributed by atoms with van der Waals surface area (Å²) in [6.45, 7) is 0.761. The Bertz CT molecular complexity index is 768. The fourth-order valence-electron chi connectivity index (χ4n) is 3.32. The third-order valence-electron chi connectivity index (χ3n) is 4.35. The van der Waals surface area contributed by atoms with E-state index in [4.69, 9.17) is 0 Å². The van der Waals surface area contributed by atoms with Crippen molar-refractivity contribution in [2.24, 2.45) is 0 Å². The SMILES string of the molecule is O=C(Nc1cc2c3c(c1)CCN3C(=O)CC2)c1ccccc1. The van der Waals surface area contributed by atoms with Gasteiger partial charge in [-0.1, -0.05) is 18.2 Å². The molecule has 4 heteroatoms. The summed E-state index contributed by atoms with van der Waals surface area (Å²) in [5, 5.41) is 2.97. The van der Waals surface area contributed by atoms with E-state index in [1.165, 1.54) is 0 Å². The Kier molecular flexibility index (Phi) is 2.96. The molecule has 0 bridgehead atoms. The predicted octanol–water partition coefficient (Wildman–Crippen LogP) is 2.77. The van der Waals surface area contributed by atoms with Gasteiger partial charge in [0.1, 0.15) is 0 Å². The molecule has 0 fully saturated rings.